The van der Waals surface area contributed by atoms with Crippen LogP contribution in [0.3, 0.4) is 0 Å². The zero-order valence-electron chi connectivity index (χ0n) is 16.7. The summed E-state index contributed by atoms with van der Waals surface area (Å²) in [6, 6.07) is 11.7. The van der Waals surface area contributed by atoms with Gasteiger partial charge in [0, 0.05) is 21.7 Å². The molecule has 0 aliphatic carbocycles. The maximum Gasteiger partial charge on any atom is 0.405 e. The molecule has 1 amide bonds. The topological polar surface area (TPSA) is 72.9 Å². The van der Waals surface area contributed by atoms with E-state index in [0.29, 0.717) is 33.1 Å². The second-order valence-corrected chi connectivity index (χ2v) is 7.55. The SMILES string of the molecule is Cc1c(C(=O)NCC(F)(F)F)nn(-c2ccc(C#CCN)cc2Cl)c1-c1ccc(Cl)cc1. The van der Waals surface area contributed by atoms with Gasteiger partial charge in [0.15, 0.2) is 5.69 Å². The van der Waals surface area contributed by atoms with E-state index in [1.54, 1.807) is 49.4 Å². The third-order valence-corrected chi connectivity index (χ3v) is 4.97. The third kappa shape index (κ3) is 5.43. The Hall–Kier alpha value is -2.99. The van der Waals surface area contributed by atoms with Crippen molar-refractivity contribution in [2.45, 2.75) is 13.1 Å². The van der Waals surface area contributed by atoms with Crippen molar-refractivity contribution in [1.82, 2.24) is 15.1 Å². The number of amides is 1. The lowest BCUT2D eigenvalue weighted by Gasteiger charge is -2.11. The van der Waals surface area contributed by atoms with Gasteiger partial charge in [0.2, 0.25) is 0 Å². The molecule has 0 saturated carbocycles. The van der Waals surface area contributed by atoms with E-state index in [1.807, 2.05) is 5.32 Å². The first kappa shape index (κ1) is 23.7. The van der Waals surface area contributed by atoms with Gasteiger partial charge in [-0.25, -0.2) is 4.68 Å². The molecule has 32 heavy (non-hydrogen) atoms. The number of hydrogen-bond donors (Lipinski definition) is 2. The van der Waals surface area contributed by atoms with Crippen molar-refractivity contribution in [3.05, 3.63) is 69.3 Å². The summed E-state index contributed by atoms with van der Waals surface area (Å²) in [5.41, 5.74) is 7.82. The number of carbonyl (C=O) groups excluding carboxylic acids is 1. The monoisotopic (exact) mass is 480 g/mol. The highest BCUT2D eigenvalue weighted by Gasteiger charge is 2.30. The van der Waals surface area contributed by atoms with Crippen LogP contribution in [0.15, 0.2) is 42.5 Å². The maximum absolute atomic E-state index is 12.6. The number of nitrogens with zero attached hydrogens (tertiary/aromatic N) is 2. The van der Waals surface area contributed by atoms with Crippen molar-refractivity contribution in [2.24, 2.45) is 5.73 Å². The first-order chi connectivity index (χ1) is 15.1. The summed E-state index contributed by atoms with van der Waals surface area (Å²) in [6.07, 6.45) is -4.55. The van der Waals surface area contributed by atoms with Crippen molar-refractivity contribution in [3.8, 4) is 28.8 Å². The second kappa shape index (κ2) is 9.65. The lowest BCUT2D eigenvalue weighted by atomic mass is 10.1. The van der Waals surface area contributed by atoms with Crippen LogP contribution in [0.25, 0.3) is 16.9 Å². The molecule has 0 bridgehead atoms. The number of hydrogen-bond acceptors (Lipinski definition) is 3. The van der Waals surface area contributed by atoms with E-state index in [9.17, 15) is 18.0 Å². The molecule has 5 nitrogen and oxygen atoms in total. The van der Waals surface area contributed by atoms with E-state index in [0.717, 1.165) is 0 Å². The number of halogens is 5. The van der Waals surface area contributed by atoms with E-state index in [2.05, 4.69) is 16.9 Å². The quantitative estimate of drug-likeness (QED) is 0.528. The standard InChI is InChI=1S/C22H17Cl2F3N4O/c1-13-19(21(32)29-12-22(25,26)27)30-31(20(13)15-5-7-16(23)8-6-15)18-9-4-14(3-2-10-28)11-17(18)24/h4-9,11H,10,12,28H2,1H3,(H,29,32). The highest BCUT2D eigenvalue weighted by molar-refractivity contribution is 6.32. The molecule has 166 valence electrons. The molecule has 0 spiro atoms. The van der Waals surface area contributed by atoms with E-state index in [1.165, 1.54) is 4.68 Å². The van der Waals surface area contributed by atoms with Crippen LogP contribution in [0.2, 0.25) is 10.0 Å². The summed E-state index contributed by atoms with van der Waals surface area (Å²) in [6.45, 7) is 0.323. The Morgan fingerprint density at radius 1 is 1.19 bits per heavy atom. The fraction of sp³-hybridized carbons (Fsp3) is 0.182. The molecule has 3 aromatic rings. The van der Waals surface area contributed by atoms with Gasteiger partial charge in [0.05, 0.1) is 22.9 Å². The van der Waals surface area contributed by atoms with Gasteiger partial charge in [0.25, 0.3) is 5.91 Å². The minimum Gasteiger partial charge on any atom is -0.342 e. The number of nitrogens with one attached hydrogen (secondary N) is 1. The van der Waals surface area contributed by atoms with E-state index in [4.69, 9.17) is 28.9 Å². The van der Waals surface area contributed by atoms with Gasteiger partial charge >= 0.3 is 6.18 Å². The van der Waals surface area contributed by atoms with Crippen LogP contribution in [0.1, 0.15) is 21.6 Å². The van der Waals surface area contributed by atoms with Gasteiger partial charge in [0.1, 0.15) is 6.54 Å². The summed E-state index contributed by atoms with van der Waals surface area (Å²) in [5, 5.41) is 6.94. The molecular formula is C22H17Cl2F3N4O. The van der Waals surface area contributed by atoms with Crippen molar-refractivity contribution >= 4 is 29.1 Å². The molecule has 1 heterocycles. The molecule has 3 rings (SSSR count). The minimum absolute atomic E-state index is 0.151. The lowest BCUT2D eigenvalue weighted by Crippen LogP contribution is -2.34. The summed E-state index contributed by atoms with van der Waals surface area (Å²) in [5.74, 6) is 4.65. The van der Waals surface area contributed by atoms with Crippen LogP contribution in [-0.4, -0.2) is 35.0 Å². The second-order valence-electron chi connectivity index (χ2n) is 6.71. The number of aromatic nitrogens is 2. The molecule has 10 heteroatoms. The Labute approximate surface area is 192 Å². The highest BCUT2D eigenvalue weighted by Crippen LogP contribution is 2.32. The van der Waals surface area contributed by atoms with E-state index in [-0.39, 0.29) is 17.3 Å². The van der Waals surface area contributed by atoms with Gasteiger partial charge in [-0.2, -0.15) is 18.3 Å². The summed E-state index contributed by atoms with van der Waals surface area (Å²) < 4.78 is 39.1. The molecule has 0 unspecified atom stereocenters. The molecule has 0 atom stereocenters. The van der Waals surface area contributed by atoms with Gasteiger partial charge in [-0.3, -0.25) is 4.79 Å². The number of rotatable bonds is 4. The van der Waals surface area contributed by atoms with Crippen molar-refractivity contribution in [3.63, 3.8) is 0 Å². The third-order valence-electron chi connectivity index (χ3n) is 4.41. The molecule has 0 aliphatic heterocycles. The summed E-state index contributed by atoms with van der Waals surface area (Å²) in [7, 11) is 0. The maximum atomic E-state index is 12.6. The van der Waals surface area contributed by atoms with Gasteiger partial charge in [-0.05, 0) is 37.3 Å². The zero-order chi connectivity index (χ0) is 23.5. The van der Waals surface area contributed by atoms with Crippen LogP contribution < -0.4 is 11.1 Å². The number of benzene rings is 2. The molecule has 0 aliphatic rings. The van der Waals surface area contributed by atoms with Crippen LogP contribution in [0.4, 0.5) is 13.2 Å². The largest absolute Gasteiger partial charge is 0.405 e. The van der Waals surface area contributed by atoms with Crippen LogP contribution in [-0.2, 0) is 0 Å². The first-order valence-electron chi connectivity index (χ1n) is 9.30. The first-order valence-corrected chi connectivity index (χ1v) is 10.1. The summed E-state index contributed by atoms with van der Waals surface area (Å²) in [4.78, 5) is 12.5. The molecule has 0 saturated heterocycles. The molecular weight excluding hydrogens is 464 g/mol. The molecule has 1 aromatic heterocycles. The summed E-state index contributed by atoms with van der Waals surface area (Å²) >= 11 is 12.4. The van der Waals surface area contributed by atoms with Crippen LogP contribution >= 0.6 is 23.2 Å². The highest BCUT2D eigenvalue weighted by atomic mass is 35.5. The van der Waals surface area contributed by atoms with Gasteiger partial charge in [-0.1, -0.05) is 47.2 Å². The van der Waals surface area contributed by atoms with Gasteiger partial charge in [-0.15, -0.1) is 0 Å². The van der Waals surface area contributed by atoms with Crippen molar-refractivity contribution in [2.75, 3.05) is 13.1 Å². The van der Waals surface area contributed by atoms with Crippen molar-refractivity contribution < 1.29 is 18.0 Å². The average molecular weight is 481 g/mol. The van der Waals surface area contributed by atoms with Crippen LogP contribution in [0.5, 0.6) is 0 Å². The normalized spacial score (nSPS) is 11.1. The van der Waals surface area contributed by atoms with E-state index >= 15 is 0 Å². The molecule has 2 aromatic carbocycles. The lowest BCUT2D eigenvalue weighted by molar-refractivity contribution is -0.123. The van der Waals surface area contributed by atoms with Gasteiger partial charge < -0.3 is 11.1 Å². The number of carbonyl (C=O) groups is 1. The Kier molecular flexibility index (Phi) is 7.14. The fourth-order valence-electron chi connectivity index (χ4n) is 3.01. The zero-order valence-corrected chi connectivity index (χ0v) is 18.2. The predicted octanol–water partition coefficient (Wildman–Crippen LogP) is 4.76. The number of alkyl halides is 3. The van der Waals surface area contributed by atoms with Crippen molar-refractivity contribution in [1.29, 1.82) is 0 Å². The smallest absolute Gasteiger partial charge is 0.342 e. The Morgan fingerprint density at radius 3 is 2.47 bits per heavy atom. The Balaban J connectivity index is 2.14. The number of nitrogens with two attached hydrogens (primary N) is 1. The fourth-order valence-corrected chi connectivity index (χ4v) is 3.39. The minimum atomic E-state index is -4.55. The Bertz CT molecular complexity index is 1210. The molecule has 0 fully saturated rings. The molecule has 0 radical (unpaired) electrons. The average Bonchev–Trinajstić information content (AvgIpc) is 3.07. The molecule has 3 N–H and O–H groups in total. The van der Waals surface area contributed by atoms with Crippen LogP contribution in [0, 0.1) is 18.8 Å². The van der Waals surface area contributed by atoms with E-state index < -0.39 is 18.6 Å². The Morgan fingerprint density at radius 2 is 1.88 bits per heavy atom. The predicted molar refractivity (Wildman–Crippen MR) is 118 cm³/mol.